The lowest BCUT2D eigenvalue weighted by atomic mass is 9.17. The molecular formula is C42H46B16N4. The highest BCUT2D eigenvalue weighted by molar-refractivity contribution is 6.71. The Kier molecular flexibility index (Phi) is 10.0. The highest BCUT2D eigenvalue weighted by Crippen LogP contribution is 2.63. The maximum absolute atomic E-state index is 5.18. The number of hydrogen-bond donors (Lipinski definition) is 0. The Hall–Kier alpha value is -4.83. The predicted octanol–water partition coefficient (Wildman–Crippen LogP) is -13.2. The van der Waals surface area contributed by atoms with Gasteiger partial charge in [0.1, 0.15) is 78.5 Å². The fourth-order valence-electron chi connectivity index (χ4n) is 12.2. The molecule has 0 spiro atoms. The topological polar surface area (TPSA) is 43.6 Å². The second-order valence-corrected chi connectivity index (χ2v) is 20.4. The standard InChI is InChI=1S/C42H46B16N4/c43-25-19-20-23(28(46)32(50)30(48)26(20)44)40(41(53,54)55,42(56,57)58)24(19)29(47)35-21(25)22-27(45)31(49)33(51)34(52)36(22)62(35)18-13-7-12-17(14-18)39-60-37(15-8-3-1-4-9-15)59-38(61-39)16-10-5-2-6-11-16/h1-14H,43-58H2. The molecule has 62 heavy (non-hydrogen) atoms. The molecular weight excluding hydrogens is 733 g/mol. The number of fused-ring (bicyclic) bond motifs is 6. The van der Waals surface area contributed by atoms with Gasteiger partial charge in [-0.05, 0) is 45.2 Å². The zero-order chi connectivity index (χ0) is 44.5. The van der Waals surface area contributed by atoms with E-state index in [1.165, 1.54) is 98.7 Å². The molecule has 2 aromatic heterocycles. The van der Waals surface area contributed by atoms with Gasteiger partial charge in [-0.2, -0.15) is 0 Å². The lowest BCUT2D eigenvalue weighted by Gasteiger charge is -2.56. The zero-order valence-corrected chi connectivity index (χ0v) is 39.9. The van der Waals surface area contributed by atoms with Crippen molar-refractivity contribution in [2.45, 2.75) is 15.6 Å². The molecule has 0 unspecified atom stereocenters. The summed E-state index contributed by atoms with van der Waals surface area (Å²) < 4.78 is 2.61. The fraction of sp³-hybridized carbons (Fsp3) is 0.0714. The van der Waals surface area contributed by atoms with Crippen LogP contribution in [0.3, 0.4) is 0 Å². The quantitative estimate of drug-likeness (QED) is 0.158. The first-order valence-electron chi connectivity index (χ1n) is 22.4. The van der Waals surface area contributed by atoms with E-state index in [0.717, 1.165) is 22.4 Å². The number of benzene rings is 6. The third-order valence-electron chi connectivity index (χ3n) is 15.3. The third kappa shape index (κ3) is 5.79. The van der Waals surface area contributed by atoms with Crippen molar-refractivity contribution in [1.29, 1.82) is 0 Å². The van der Waals surface area contributed by atoms with Crippen LogP contribution in [0.25, 0.3) is 72.8 Å². The summed E-state index contributed by atoms with van der Waals surface area (Å²) in [7, 11) is 38.6. The Labute approximate surface area is 382 Å². The Morgan fingerprint density at radius 1 is 0.387 bits per heavy atom. The van der Waals surface area contributed by atoms with Gasteiger partial charge in [0.2, 0.25) is 0 Å². The molecule has 1 aliphatic carbocycles. The molecule has 4 nitrogen and oxygen atoms in total. The molecule has 0 radical (unpaired) electrons. The highest BCUT2D eigenvalue weighted by Gasteiger charge is 2.58. The van der Waals surface area contributed by atoms with E-state index in [9.17, 15) is 0 Å². The highest BCUT2D eigenvalue weighted by atomic mass is 15.0. The number of rotatable bonds is 6. The summed E-state index contributed by atoms with van der Waals surface area (Å²) in [6, 6.07) is 29.4. The van der Waals surface area contributed by atoms with Crippen LogP contribution in [0.15, 0.2) is 84.9 Å². The Morgan fingerprint density at radius 3 is 1.32 bits per heavy atom. The van der Waals surface area contributed by atoms with E-state index in [4.69, 9.17) is 15.0 Å². The van der Waals surface area contributed by atoms with Gasteiger partial charge >= 0.3 is 0 Å². The van der Waals surface area contributed by atoms with Crippen molar-refractivity contribution in [1.82, 2.24) is 19.5 Å². The van der Waals surface area contributed by atoms with Crippen molar-refractivity contribution in [3.63, 3.8) is 0 Å². The van der Waals surface area contributed by atoms with Gasteiger partial charge in [0.25, 0.3) is 0 Å². The van der Waals surface area contributed by atoms with Crippen molar-refractivity contribution in [3.05, 3.63) is 96.1 Å². The first-order valence-corrected chi connectivity index (χ1v) is 22.4. The molecule has 20 heteroatoms. The molecule has 8 aromatic rings. The van der Waals surface area contributed by atoms with E-state index in [-0.39, 0.29) is 15.6 Å². The maximum Gasteiger partial charge on any atom is 0.164 e. The number of hydrogen-bond acceptors (Lipinski definition) is 3. The summed E-state index contributed by atoms with van der Waals surface area (Å²) in [5, 5.41) is 2.49. The first kappa shape index (κ1) is 42.5. The molecule has 282 valence electrons. The molecule has 0 N–H and O–H groups in total. The molecule has 0 saturated heterocycles. The Balaban J connectivity index is 1.45. The van der Waals surface area contributed by atoms with Crippen molar-refractivity contribution in [3.8, 4) is 51.0 Å². The summed E-state index contributed by atoms with van der Waals surface area (Å²) in [4.78, 5) is 15.4. The summed E-state index contributed by atoms with van der Waals surface area (Å²) in [6.45, 7) is 0. The Bertz CT molecular complexity index is 3140. The van der Waals surface area contributed by atoms with Crippen LogP contribution in [-0.2, 0) is 5.41 Å². The minimum atomic E-state index is -0.285. The molecule has 0 amide bonds. The van der Waals surface area contributed by atoms with Crippen molar-refractivity contribution in [2.24, 2.45) is 0 Å². The summed E-state index contributed by atoms with van der Waals surface area (Å²) in [5.41, 5.74) is 26.0. The molecule has 6 aromatic carbocycles. The SMILES string of the molecule is Bc1c(B)c(B)c2c(c1B)-c1c(c(B)c3c(c1B)c1c(B)c(B)c(B)c(B)c1n3-c1cccc(-c3nc(-c4ccccc4)nc(-c4ccccc4)n3)c1)C2(C(B)(B)B)C(B)(B)B. The normalized spacial score (nSPS) is 13.4. The van der Waals surface area contributed by atoms with Crippen molar-refractivity contribution < 1.29 is 0 Å². The number of aromatic nitrogens is 4. The summed E-state index contributed by atoms with van der Waals surface area (Å²) in [6.07, 6.45) is 0. The monoisotopic (exact) mass is 783 g/mol. The minimum Gasteiger partial charge on any atom is -0.310 e. The average molecular weight is 780 g/mol. The average Bonchev–Trinajstić information content (AvgIpc) is 3.80. The van der Waals surface area contributed by atoms with E-state index >= 15 is 0 Å². The molecule has 0 aliphatic heterocycles. The summed E-state index contributed by atoms with van der Waals surface area (Å²) in [5.74, 6) is 1.97. The maximum atomic E-state index is 5.18. The van der Waals surface area contributed by atoms with Crippen LogP contribution in [0.1, 0.15) is 11.1 Å². The lowest BCUT2D eigenvalue weighted by molar-refractivity contribution is 0.540. The second-order valence-electron chi connectivity index (χ2n) is 20.4. The van der Waals surface area contributed by atoms with Crippen LogP contribution in [0.4, 0.5) is 0 Å². The van der Waals surface area contributed by atoms with Gasteiger partial charge in [-0.3, -0.25) is 0 Å². The van der Waals surface area contributed by atoms with E-state index in [0.29, 0.717) is 17.5 Å². The molecule has 9 rings (SSSR count). The number of nitrogens with zero attached hydrogens (tertiary/aromatic N) is 4. The van der Waals surface area contributed by atoms with E-state index in [2.05, 4.69) is 179 Å². The molecule has 0 saturated carbocycles. The summed E-state index contributed by atoms with van der Waals surface area (Å²) >= 11 is 0. The van der Waals surface area contributed by atoms with Gasteiger partial charge in [-0.15, -0.1) is 16.4 Å². The zero-order valence-electron chi connectivity index (χ0n) is 39.9. The molecule has 0 atom stereocenters. The van der Waals surface area contributed by atoms with Gasteiger partial charge in [0.05, 0.1) is 47.1 Å². The predicted molar refractivity (Wildman–Crippen MR) is 315 cm³/mol. The van der Waals surface area contributed by atoms with E-state index in [1.807, 2.05) is 36.4 Å². The minimum absolute atomic E-state index is 0.115. The van der Waals surface area contributed by atoms with Crippen LogP contribution >= 0.6 is 0 Å². The lowest BCUT2D eigenvalue weighted by Crippen LogP contribution is -2.59. The van der Waals surface area contributed by atoms with Gasteiger partial charge in [0, 0.05) is 38.8 Å². The molecule has 1 aliphatic rings. The second kappa shape index (κ2) is 14.6. The van der Waals surface area contributed by atoms with Crippen LogP contribution in [0.5, 0.6) is 0 Å². The van der Waals surface area contributed by atoms with Crippen molar-refractivity contribution >= 4 is 202 Å². The van der Waals surface area contributed by atoms with Crippen LogP contribution in [0, 0.1) is 0 Å². The molecule has 0 fully saturated rings. The van der Waals surface area contributed by atoms with Crippen LogP contribution in [-0.4, -0.2) is 145 Å². The van der Waals surface area contributed by atoms with Gasteiger partial charge in [-0.25, -0.2) is 15.0 Å². The van der Waals surface area contributed by atoms with Crippen LogP contribution < -0.4 is 54.6 Å². The largest absolute Gasteiger partial charge is 0.310 e. The van der Waals surface area contributed by atoms with Gasteiger partial charge < -0.3 is 4.57 Å². The first-order chi connectivity index (χ1) is 29.2. The third-order valence-corrected chi connectivity index (χ3v) is 15.3. The Morgan fingerprint density at radius 2 is 0.790 bits per heavy atom. The van der Waals surface area contributed by atoms with Crippen LogP contribution in [0.2, 0.25) is 10.2 Å². The molecule has 2 heterocycles. The smallest absolute Gasteiger partial charge is 0.164 e. The van der Waals surface area contributed by atoms with E-state index in [1.54, 1.807) is 0 Å². The van der Waals surface area contributed by atoms with Gasteiger partial charge in [-0.1, -0.05) is 121 Å². The van der Waals surface area contributed by atoms with Crippen molar-refractivity contribution in [2.75, 3.05) is 0 Å². The van der Waals surface area contributed by atoms with E-state index < -0.39 is 0 Å². The van der Waals surface area contributed by atoms with Gasteiger partial charge in [0.15, 0.2) is 17.5 Å². The fourth-order valence-corrected chi connectivity index (χ4v) is 12.2. The molecule has 0 bridgehead atoms.